The Kier molecular flexibility index (Phi) is 11.5. The Hall–Kier alpha value is 0.210. The molecule has 0 spiro atoms. The molecule has 0 rings (SSSR count). The minimum absolute atomic E-state index is 1.16. The Balaban J connectivity index is 3.44. The number of rotatable bonds is 9. The molecule has 0 fully saturated rings. The Morgan fingerprint density at radius 1 is 1.14 bits per heavy atom. The highest BCUT2D eigenvalue weighted by Gasteiger charge is 1.96. The summed E-state index contributed by atoms with van der Waals surface area (Å²) in [4.78, 5) is 0. The average molecular weight is 306 g/mol. The lowest BCUT2D eigenvalue weighted by Gasteiger charge is -2.05. The molecule has 0 saturated carbocycles. The molecule has 82 valence electrons. The fourth-order valence-corrected chi connectivity index (χ4v) is 2.11. The van der Waals surface area contributed by atoms with Gasteiger partial charge in [0.25, 0.3) is 0 Å². The van der Waals surface area contributed by atoms with Crippen LogP contribution in [0.25, 0.3) is 0 Å². The van der Waals surface area contributed by atoms with Crippen molar-refractivity contribution in [2.75, 3.05) is 0 Å². The van der Waals surface area contributed by atoms with Crippen molar-refractivity contribution < 1.29 is 0 Å². The highest BCUT2D eigenvalue weighted by atomic mass is 127. The molecule has 0 aliphatic rings. The first-order valence-electron chi connectivity index (χ1n) is 5.74. The predicted octanol–water partition coefficient (Wildman–Crippen LogP) is 5.63. The molecule has 0 aromatic heterocycles. The van der Waals surface area contributed by atoms with Gasteiger partial charge in [-0.25, -0.2) is 0 Å². The third kappa shape index (κ3) is 8.79. The molecule has 0 unspecified atom stereocenters. The van der Waals surface area contributed by atoms with Crippen LogP contribution >= 0.6 is 22.6 Å². The van der Waals surface area contributed by atoms with Crippen LogP contribution in [0.1, 0.15) is 58.3 Å². The quantitative estimate of drug-likeness (QED) is 0.294. The van der Waals surface area contributed by atoms with Crippen molar-refractivity contribution in [1.29, 1.82) is 0 Å². The number of hydrogen-bond acceptors (Lipinski definition) is 0. The first-order valence-corrected chi connectivity index (χ1v) is 6.98. The smallest absolute Gasteiger partial charge is 0.0242 e. The van der Waals surface area contributed by atoms with Crippen LogP contribution in [0.5, 0.6) is 0 Å². The second-order valence-corrected chi connectivity index (χ2v) is 4.38. The molecule has 0 aromatic carbocycles. The highest BCUT2D eigenvalue weighted by Crippen LogP contribution is 2.17. The van der Waals surface area contributed by atoms with Crippen LogP contribution in [0.2, 0.25) is 0 Å². The van der Waals surface area contributed by atoms with Crippen molar-refractivity contribution in [2.45, 2.75) is 58.3 Å². The Morgan fingerprint density at radius 2 is 1.86 bits per heavy atom. The van der Waals surface area contributed by atoms with Gasteiger partial charge in [0.05, 0.1) is 0 Å². The third-order valence-corrected chi connectivity index (χ3v) is 3.29. The summed E-state index contributed by atoms with van der Waals surface area (Å²) in [5, 5.41) is 0. The van der Waals surface area contributed by atoms with Crippen LogP contribution in [0.3, 0.4) is 0 Å². The van der Waals surface area contributed by atoms with Gasteiger partial charge < -0.3 is 0 Å². The lowest BCUT2D eigenvalue weighted by Crippen LogP contribution is -1.85. The van der Waals surface area contributed by atoms with E-state index < -0.39 is 0 Å². The summed E-state index contributed by atoms with van der Waals surface area (Å²) in [6.45, 7) is 6.01. The lowest BCUT2D eigenvalue weighted by atomic mass is 10.0. The highest BCUT2D eigenvalue weighted by molar-refractivity contribution is 14.1. The van der Waals surface area contributed by atoms with E-state index >= 15 is 0 Å². The number of unbranched alkanes of at least 4 members (excludes halogenated alkanes) is 4. The van der Waals surface area contributed by atoms with Gasteiger partial charge in [-0.15, -0.1) is 6.58 Å². The zero-order valence-electron chi connectivity index (χ0n) is 9.40. The molecular formula is C13H23I. The minimum atomic E-state index is 1.16. The van der Waals surface area contributed by atoms with E-state index in [-0.39, 0.29) is 0 Å². The van der Waals surface area contributed by atoms with E-state index in [0.29, 0.717) is 0 Å². The fraction of sp³-hybridized carbons (Fsp3) is 0.692. The monoisotopic (exact) mass is 306 g/mol. The van der Waals surface area contributed by atoms with Crippen molar-refractivity contribution in [1.82, 2.24) is 0 Å². The van der Waals surface area contributed by atoms with Crippen molar-refractivity contribution in [3.05, 3.63) is 22.3 Å². The van der Waals surface area contributed by atoms with Crippen LogP contribution in [0.15, 0.2) is 22.3 Å². The Morgan fingerprint density at radius 3 is 2.43 bits per heavy atom. The van der Waals surface area contributed by atoms with Gasteiger partial charge in [-0.1, -0.05) is 60.4 Å². The molecule has 0 amide bonds. The zero-order valence-corrected chi connectivity index (χ0v) is 11.6. The summed E-state index contributed by atoms with van der Waals surface area (Å²) >= 11 is 2.37. The van der Waals surface area contributed by atoms with Crippen LogP contribution < -0.4 is 0 Å². The maximum atomic E-state index is 3.75. The summed E-state index contributed by atoms with van der Waals surface area (Å²) in [7, 11) is 0. The summed E-state index contributed by atoms with van der Waals surface area (Å²) in [6, 6.07) is 0. The first kappa shape index (κ1) is 14.2. The predicted molar refractivity (Wildman–Crippen MR) is 74.9 cm³/mol. The van der Waals surface area contributed by atoms with E-state index in [2.05, 4.69) is 40.2 Å². The normalized spacial score (nSPS) is 11.7. The summed E-state index contributed by atoms with van der Waals surface area (Å²) in [5.41, 5.74) is 1.63. The van der Waals surface area contributed by atoms with E-state index in [9.17, 15) is 0 Å². The van der Waals surface area contributed by atoms with Gasteiger partial charge in [0, 0.05) is 0 Å². The summed E-state index contributed by atoms with van der Waals surface area (Å²) in [5.74, 6) is 0. The van der Waals surface area contributed by atoms with Crippen molar-refractivity contribution in [2.24, 2.45) is 0 Å². The summed E-state index contributed by atoms with van der Waals surface area (Å²) in [6.07, 6.45) is 12.5. The topological polar surface area (TPSA) is 0 Å². The molecule has 0 nitrogen and oxygen atoms in total. The van der Waals surface area contributed by atoms with Crippen LogP contribution in [-0.4, -0.2) is 0 Å². The number of halogens is 1. The van der Waals surface area contributed by atoms with Gasteiger partial charge >= 0.3 is 0 Å². The van der Waals surface area contributed by atoms with Crippen molar-refractivity contribution in [3.8, 4) is 0 Å². The van der Waals surface area contributed by atoms with Gasteiger partial charge in [-0.05, 0) is 36.2 Å². The second kappa shape index (κ2) is 11.3. The van der Waals surface area contributed by atoms with E-state index in [1.54, 1.807) is 5.57 Å². The van der Waals surface area contributed by atoms with Gasteiger partial charge in [0.2, 0.25) is 0 Å². The van der Waals surface area contributed by atoms with Gasteiger partial charge in [-0.3, -0.25) is 0 Å². The molecule has 0 aliphatic heterocycles. The zero-order chi connectivity index (χ0) is 10.6. The molecule has 0 bridgehead atoms. The van der Waals surface area contributed by atoms with Crippen LogP contribution in [0.4, 0.5) is 0 Å². The van der Waals surface area contributed by atoms with Gasteiger partial charge in [0.15, 0.2) is 0 Å². The molecule has 14 heavy (non-hydrogen) atoms. The second-order valence-electron chi connectivity index (χ2n) is 3.76. The van der Waals surface area contributed by atoms with Crippen molar-refractivity contribution >= 4 is 22.6 Å². The third-order valence-electron chi connectivity index (χ3n) is 2.41. The number of hydrogen-bond donors (Lipinski definition) is 0. The largest absolute Gasteiger partial charge is 0.103 e. The Bertz CT molecular complexity index is 159. The molecule has 0 N–H and O–H groups in total. The van der Waals surface area contributed by atoms with Gasteiger partial charge in [0.1, 0.15) is 0 Å². The molecule has 1 heteroatoms. The molecule has 0 atom stereocenters. The maximum Gasteiger partial charge on any atom is -0.0242 e. The van der Waals surface area contributed by atoms with Crippen LogP contribution in [0, 0.1) is 0 Å². The lowest BCUT2D eigenvalue weighted by molar-refractivity contribution is 0.649. The van der Waals surface area contributed by atoms with Crippen molar-refractivity contribution in [3.63, 3.8) is 0 Å². The Labute approximate surface area is 103 Å². The van der Waals surface area contributed by atoms with Gasteiger partial charge in [-0.2, -0.15) is 0 Å². The van der Waals surface area contributed by atoms with E-state index in [1.807, 2.05) is 6.08 Å². The summed E-state index contributed by atoms with van der Waals surface area (Å²) < 4.78 is 2.27. The minimum Gasteiger partial charge on any atom is -0.103 e. The number of allylic oxidation sites excluding steroid dienone is 2. The van der Waals surface area contributed by atoms with E-state index in [0.717, 1.165) is 6.42 Å². The molecule has 0 aliphatic carbocycles. The standard InChI is InChI=1S/C13H23I/c1-3-5-7-9-11-13(12-14)10-8-6-4-2/h4,12H,2-3,5-11H2,1H3/b13-12+. The molecule has 0 radical (unpaired) electrons. The molecular weight excluding hydrogens is 283 g/mol. The fourth-order valence-electron chi connectivity index (χ4n) is 1.49. The SMILES string of the molecule is C=CCCC/C(=C\I)CCCCCC. The van der Waals surface area contributed by atoms with Crippen LogP contribution in [-0.2, 0) is 0 Å². The van der Waals surface area contributed by atoms with E-state index in [1.165, 1.54) is 44.9 Å². The maximum absolute atomic E-state index is 3.75. The molecule has 0 aromatic rings. The average Bonchev–Trinajstić information content (AvgIpc) is 2.22. The molecule has 0 saturated heterocycles. The first-order chi connectivity index (χ1) is 6.85. The molecule has 0 heterocycles. The van der Waals surface area contributed by atoms with E-state index in [4.69, 9.17) is 0 Å².